The summed E-state index contributed by atoms with van der Waals surface area (Å²) in [7, 11) is 0. The van der Waals surface area contributed by atoms with Crippen molar-refractivity contribution in [3.8, 4) is 5.75 Å². The number of phenolic OH excluding ortho intramolecular Hbond substituents is 1. The topological polar surface area (TPSA) is 88.0 Å². The fraction of sp³-hybridized carbons (Fsp3) is 0.588. The third-order valence-electron chi connectivity index (χ3n) is 3.69. The van der Waals surface area contributed by atoms with E-state index in [-0.39, 0.29) is 11.7 Å². The van der Waals surface area contributed by atoms with Crippen LogP contribution >= 0.6 is 0 Å². The number of aliphatic hydroxyl groups is 1. The molecule has 0 bridgehead atoms. The van der Waals surface area contributed by atoms with Gasteiger partial charge in [0.1, 0.15) is 11.9 Å². The molecule has 23 heavy (non-hydrogen) atoms. The van der Waals surface area contributed by atoms with Gasteiger partial charge >= 0.3 is 0 Å². The molecule has 1 unspecified atom stereocenters. The van der Waals surface area contributed by atoms with Crippen molar-refractivity contribution in [1.29, 1.82) is 0 Å². The first-order valence-corrected chi connectivity index (χ1v) is 7.95. The molecule has 0 spiro atoms. The standard InChI is InChI=1S/C17H25NO5/c1-11(2)9-15(20)16(21)18-14(17-22-7-8-23-17)10-12-3-5-13(19)6-4-12/h3-6,11,14-15,17,19-20H,7-10H2,1-2H3,(H,18,21)/t14-,15?/m0/s1. The van der Waals surface area contributed by atoms with Gasteiger partial charge in [-0.2, -0.15) is 0 Å². The van der Waals surface area contributed by atoms with Crippen molar-refractivity contribution in [2.24, 2.45) is 5.92 Å². The van der Waals surface area contributed by atoms with E-state index in [9.17, 15) is 15.0 Å². The number of carbonyl (C=O) groups is 1. The summed E-state index contributed by atoms with van der Waals surface area (Å²) in [5, 5.41) is 22.1. The van der Waals surface area contributed by atoms with Crippen molar-refractivity contribution in [3.05, 3.63) is 29.8 Å². The molecule has 128 valence electrons. The Labute approximate surface area is 136 Å². The third-order valence-corrected chi connectivity index (χ3v) is 3.69. The molecule has 0 radical (unpaired) electrons. The Bertz CT molecular complexity index is 496. The summed E-state index contributed by atoms with van der Waals surface area (Å²) in [6, 6.07) is 6.37. The molecule has 1 aromatic carbocycles. The third kappa shape index (κ3) is 5.49. The summed E-state index contributed by atoms with van der Waals surface area (Å²) in [5.74, 6) is 0.00177. The summed E-state index contributed by atoms with van der Waals surface area (Å²) in [6.45, 7) is 4.88. The van der Waals surface area contributed by atoms with Gasteiger partial charge in [0, 0.05) is 0 Å². The summed E-state index contributed by atoms with van der Waals surface area (Å²) < 4.78 is 11.0. The van der Waals surface area contributed by atoms with E-state index in [1.807, 2.05) is 13.8 Å². The number of aromatic hydroxyl groups is 1. The first kappa shape index (κ1) is 17.7. The largest absolute Gasteiger partial charge is 0.508 e. The lowest BCUT2D eigenvalue weighted by molar-refractivity contribution is -0.135. The molecule has 0 aromatic heterocycles. The fourth-order valence-electron chi connectivity index (χ4n) is 2.54. The van der Waals surface area contributed by atoms with Crippen molar-refractivity contribution in [2.45, 2.75) is 45.1 Å². The van der Waals surface area contributed by atoms with Gasteiger partial charge in [0.05, 0.1) is 19.3 Å². The van der Waals surface area contributed by atoms with Crippen LogP contribution in [0.2, 0.25) is 0 Å². The number of carbonyl (C=O) groups excluding carboxylic acids is 1. The number of benzene rings is 1. The van der Waals surface area contributed by atoms with Crippen LogP contribution in [0.1, 0.15) is 25.8 Å². The van der Waals surface area contributed by atoms with Gasteiger partial charge in [-0.25, -0.2) is 0 Å². The molecule has 1 aromatic rings. The quantitative estimate of drug-likeness (QED) is 0.702. The summed E-state index contributed by atoms with van der Waals surface area (Å²) >= 11 is 0. The van der Waals surface area contributed by atoms with Crippen molar-refractivity contribution in [3.63, 3.8) is 0 Å². The lowest BCUT2D eigenvalue weighted by Crippen LogP contribution is -2.49. The number of rotatable bonds is 7. The van der Waals surface area contributed by atoms with Gasteiger partial charge < -0.3 is 25.0 Å². The van der Waals surface area contributed by atoms with Crippen LogP contribution in [0.4, 0.5) is 0 Å². The van der Waals surface area contributed by atoms with Crippen LogP contribution in [0.5, 0.6) is 5.75 Å². The highest BCUT2D eigenvalue weighted by Gasteiger charge is 2.30. The average molecular weight is 323 g/mol. The van der Waals surface area contributed by atoms with Crippen LogP contribution in [0.15, 0.2) is 24.3 Å². The van der Waals surface area contributed by atoms with Crippen LogP contribution in [0.25, 0.3) is 0 Å². The molecule has 6 nitrogen and oxygen atoms in total. The van der Waals surface area contributed by atoms with Crippen LogP contribution in [0.3, 0.4) is 0 Å². The van der Waals surface area contributed by atoms with Crippen molar-refractivity contribution >= 4 is 5.91 Å². The SMILES string of the molecule is CC(C)CC(O)C(=O)N[C@@H](Cc1ccc(O)cc1)C1OCCO1. The Morgan fingerprint density at radius 1 is 1.26 bits per heavy atom. The highest BCUT2D eigenvalue weighted by Crippen LogP contribution is 2.17. The average Bonchev–Trinajstić information content (AvgIpc) is 3.02. The number of amides is 1. The number of hydrogen-bond donors (Lipinski definition) is 3. The number of nitrogens with one attached hydrogen (secondary N) is 1. The zero-order valence-corrected chi connectivity index (χ0v) is 13.6. The molecular weight excluding hydrogens is 298 g/mol. The molecule has 1 saturated heterocycles. The lowest BCUT2D eigenvalue weighted by atomic mass is 10.0. The van der Waals surface area contributed by atoms with Crippen LogP contribution in [0, 0.1) is 5.92 Å². The summed E-state index contributed by atoms with van der Waals surface area (Å²) in [5.41, 5.74) is 0.936. The lowest BCUT2D eigenvalue weighted by Gasteiger charge is -2.25. The second kappa shape index (κ2) is 8.29. The van der Waals surface area contributed by atoms with Crippen molar-refractivity contribution in [1.82, 2.24) is 5.32 Å². The summed E-state index contributed by atoms with van der Waals surface area (Å²) in [6.07, 6.45) is -0.674. The molecule has 1 fully saturated rings. The second-order valence-electron chi connectivity index (χ2n) is 6.24. The van der Waals surface area contributed by atoms with E-state index in [1.54, 1.807) is 24.3 Å². The monoisotopic (exact) mass is 323 g/mol. The predicted octanol–water partition coefficient (Wildman–Crippen LogP) is 1.20. The van der Waals surface area contributed by atoms with E-state index in [2.05, 4.69) is 5.32 Å². The van der Waals surface area contributed by atoms with Gasteiger partial charge in [0.15, 0.2) is 6.29 Å². The molecule has 2 rings (SSSR count). The predicted molar refractivity (Wildman–Crippen MR) is 84.9 cm³/mol. The Morgan fingerprint density at radius 3 is 2.43 bits per heavy atom. The Morgan fingerprint density at radius 2 is 1.87 bits per heavy atom. The fourth-order valence-corrected chi connectivity index (χ4v) is 2.54. The van der Waals surface area contributed by atoms with E-state index in [0.29, 0.717) is 26.1 Å². The van der Waals surface area contributed by atoms with E-state index < -0.39 is 24.3 Å². The van der Waals surface area contributed by atoms with Crippen LogP contribution < -0.4 is 5.32 Å². The van der Waals surface area contributed by atoms with Crippen LogP contribution in [-0.4, -0.2) is 47.8 Å². The minimum absolute atomic E-state index is 0.190. The highest BCUT2D eigenvalue weighted by molar-refractivity contribution is 5.80. The molecule has 3 N–H and O–H groups in total. The first-order valence-electron chi connectivity index (χ1n) is 7.95. The molecule has 1 aliphatic rings. The van der Waals surface area contributed by atoms with Crippen molar-refractivity contribution in [2.75, 3.05) is 13.2 Å². The summed E-state index contributed by atoms with van der Waals surface area (Å²) in [4.78, 5) is 12.2. The number of phenols is 1. The zero-order chi connectivity index (χ0) is 16.8. The zero-order valence-electron chi connectivity index (χ0n) is 13.6. The molecule has 0 saturated carbocycles. The minimum atomic E-state index is -1.04. The molecule has 2 atom stereocenters. The number of hydrogen-bond acceptors (Lipinski definition) is 5. The first-order chi connectivity index (χ1) is 11.0. The van der Waals surface area contributed by atoms with E-state index in [4.69, 9.17) is 9.47 Å². The van der Waals surface area contributed by atoms with E-state index in [1.165, 1.54) is 0 Å². The van der Waals surface area contributed by atoms with E-state index in [0.717, 1.165) is 5.56 Å². The molecule has 1 amide bonds. The normalized spacial score (nSPS) is 18.1. The van der Waals surface area contributed by atoms with Gasteiger partial charge in [-0.1, -0.05) is 26.0 Å². The van der Waals surface area contributed by atoms with Crippen LogP contribution in [-0.2, 0) is 20.7 Å². The highest BCUT2D eigenvalue weighted by atomic mass is 16.7. The molecule has 6 heteroatoms. The van der Waals surface area contributed by atoms with Gasteiger partial charge in [-0.3, -0.25) is 4.79 Å². The maximum Gasteiger partial charge on any atom is 0.249 e. The van der Waals surface area contributed by atoms with Crippen molar-refractivity contribution < 1.29 is 24.5 Å². The molecule has 1 aliphatic heterocycles. The second-order valence-corrected chi connectivity index (χ2v) is 6.24. The van der Waals surface area contributed by atoms with Gasteiger partial charge in [-0.05, 0) is 36.5 Å². The number of aliphatic hydroxyl groups excluding tert-OH is 1. The minimum Gasteiger partial charge on any atom is -0.508 e. The van der Waals surface area contributed by atoms with Gasteiger partial charge in [-0.15, -0.1) is 0 Å². The Balaban J connectivity index is 2.02. The maximum absolute atomic E-state index is 12.2. The smallest absolute Gasteiger partial charge is 0.249 e. The number of ether oxygens (including phenoxy) is 2. The molecular formula is C17H25NO5. The van der Waals surface area contributed by atoms with Gasteiger partial charge in [0.25, 0.3) is 0 Å². The van der Waals surface area contributed by atoms with Gasteiger partial charge in [0.2, 0.25) is 5.91 Å². The maximum atomic E-state index is 12.2. The Kier molecular flexibility index (Phi) is 6.38. The van der Waals surface area contributed by atoms with E-state index >= 15 is 0 Å². The molecule has 0 aliphatic carbocycles. The Hall–Kier alpha value is -1.63. The molecule has 1 heterocycles.